The molecule has 1 amide bonds. The van der Waals surface area contributed by atoms with Gasteiger partial charge in [0.05, 0.1) is 0 Å². The fourth-order valence-electron chi connectivity index (χ4n) is 3.43. The first-order valence-corrected chi connectivity index (χ1v) is 8.33. The second kappa shape index (κ2) is 6.84. The van der Waals surface area contributed by atoms with E-state index in [2.05, 4.69) is 15.1 Å². The first-order chi connectivity index (χ1) is 11.1. The molecule has 2 saturated heterocycles. The minimum atomic E-state index is -1.03. The van der Waals surface area contributed by atoms with Crippen molar-refractivity contribution in [1.29, 1.82) is 0 Å². The molecule has 0 radical (unpaired) electrons. The number of carbonyl (C=O) groups excluding carboxylic acids is 1. The van der Waals surface area contributed by atoms with Crippen molar-refractivity contribution in [3.05, 3.63) is 29.8 Å². The zero-order valence-electron chi connectivity index (χ0n) is 13.4. The summed E-state index contributed by atoms with van der Waals surface area (Å²) in [6.07, 6.45) is 1.23. The number of anilines is 1. The van der Waals surface area contributed by atoms with E-state index in [0.717, 1.165) is 45.0 Å². The zero-order chi connectivity index (χ0) is 16.3. The number of benzene rings is 1. The van der Waals surface area contributed by atoms with Gasteiger partial charge in [0, 0.05) is 44.0 Å². The fourth-order valence-corrected chi connectivity index (χ4v) is 3.43. The average molecular weight is 320 g/mol. The molecule has 0 atom stereocenters. The van der Waals surface area contributed by atoms with Crippen LogP contribution in [0, 0.1) is 0 Å². The van der Waals surface area contributed by atoms with Gasteiger partial charge in [-0.15, -0.1) is 0 Å². The number of hydrogen-bond donors (Lipinski definition) is 2. The Bertz CT molecular complexity index is 534. The predicted molar refractivity (Wildman–Crippen MR) is 89.6 cm³/mol. The lowest BCUT2D eigenvalue weighted by atomic mass is 9.93. The van der Waals surface area contributed by atoms with Crippen molar-refractivity contribution in [2.45, 2.75) is 18.5 Å². The Morgan fingerprint density at radius 2 is 1.74 bits per heavy atom. The van der Waals surface area contributed by atoms with Crippen LogP contribution in [-0.4, -0.2) is 62.3 Å². The topological polar surface area (TPSA) is 61.6 Å². The molecule has 6 heteroatoms. The number of nitrogens with zero attached hydrogens (tertiary/aromatic N) is 2. The van der Waals surface area contributed by atoms with Gasteiger partial charge in [0.1, 0.15) is 5.67 Å². The highest BCUT2D eigenvalue weighted by Crippen LogP contribution is 2.25. The van der Waals surface area contributed by atoms with Crippen LogP contribution in [0.2, 0.25) is 0 Å². The zero-order valence-corrected chi connectivity index (χ0v) is 13.4. The number of hydrogen-bond acceptors (Lipinski definition) is 4. The van der Waals surface area contributed by atoms with Crippen LogP contribution in [0.25, 0.3) is 0 Å². The first kappa shape index (κ1) is 16.2. The highest BCUT2D eigenvalue weighted by molar-refractivity contribution is 5.93. The summed E-state index contributed by atoms with van der Waals surface area (Å²) in [5.74, 6) is -0.406. The van der Waals surface area contributed by atoms with Crippen LogP contribution in [0.4, 0.5) is 10.1 Å². The number of carbonyl (C=O) groups is 1. The molecule has 5 nitrogen and oxygen atoms in total. The van der Waals surface area contributed by atoms with E-state index in [4.69, 9.17) is 5.73 Å². The molecule has 126 valence electrons. The third-order valence-electron chi connectivity index (χ3n) is 4.90. The Balaban J connectivity index is 1.52. The molecule has 0 saturated carbocycles. The average Bonchev–Trinajstić information content (AvgIpc) is 2.56. The van der Waals surface area contributed by atoms with Gasteiger partial charge in [0.25, 0.3) is 0 Å². The molecule has 2 aliphatic rings. The molecular formula is C17H25FN4O. The Hall–Kier alpha value is -1.66. The van der Waals surface area contributed by atoms with Gasteiger partial charge in [0.2, 0.25) is 5.91 Å². The molecule has 0 aromatic heterocycles. The largest absolute Gasteiger partial charge is 0.369 e. The van der Waals surface area contributed by atoms with Crippen LogP contribution >= 0.6 is 0 Å². The third kappa shape index (κ3) is 4.00. The second-order valence-corrected chi connectivity index (χ2v) is 6.58. The van der Waals surface area contributed by atoms with Crippen LogP contribution in [-0.2, 0) is 0 Å². The molecule has 0 bridgehead atoms. The Morgan fingerprint density at radius 3 is 2.30 bits per heavy atom. The maximum atomic E-state index is 14.8. The van der Waals surface area contributed by atoms with E-state index < -0.39 is 11.6 Å². The van der Waals surface area contributed by atoms with E-state index in [-0.39, 0.29) is 0 Å². The molecule has 2 heterocycles. The quantitative estimate of drug-likeness (QED) is 0.869. The van der Waals surface area contributed by atoms with Gasteiger partial charge in [-0.1, -0.05) is 0 Å². The Morgan fingerprint density at radius 1 is 1.13 bits per heavy atom. The maximum absolute atomic E-state index is 14.8. The maximum Gasteiger partial charge on any atom is 0.248 e. The van der Waals surface area contributed by atoms with Gasteiger partial charge >= 0.3 is 0 Å². The summed E-state index contributed by atoms with van der Waals surface area (Å²) in [6, 6.07) is 7.38. The molecule has 2 fully saturated rings. The smallest absolute Gasteiger partial charge is 0.248 e. The highest BCUT2D eigenvalue weighted by Gasteiger charge is 2.34. The van der Waals surface area contributed by atoms with Gasteiger partial charge < -0.3 is 16.0 Å². The Kier molecular flexibility index (Phi) is 4.82. The summed E-state index contributed by atoms with van der Waals surface area (Å²) in [7, 11) is 0. The van der Waals surface area contributed by atoms with Crippen LogP contribution < -0.4 is 16.0 Å². The normalized spacial score (nSPS) is 22.0. The standard InChI is InChI=1S/C17H25FN4O/c18-17(5-7-20-8-6-17)13-21-9-11-22(12-10-21)15-3-1-14(2-4-15)16(19)23/h1-4,20H,5-13H2,(H2,19,23). The van der Waals surface area contributed by atoms with Crippen molar-refractivity contribution in [3.8, 4) is 0 Å². The summed E-state index contributed by atoms with van der Waals surface area (Å²) in [4.78, 5) is 15.6. The molecule has 0 aliphatic carbocycles. The predicted octanol–water partition coefficient (Wildman–Crippen LogP) is 0.999. The molecule has 0 spiro atoms. The number of halogens is 1. The minimum Gasteiger partial charge on any atom is -0.369 e. The molecule has 1 aromatic carbocycles. The lowest BCUT2D eigenvalue weighted by Gasteiger charge is -2.40. The number of amides is 1. The second-order valence-electron chi connectivity index (χ2n) is 6.58. The van der Waals surface area contributed by atoms with Crippen LogP contribution in [0.5, 0.6) is 0 Å². The minimum absolute atomic E-state index is 0.406. The number of alkyl halides is 1. The number of rotatable bonds is 4. The van der Waals surface area contributed by atoms with Gasteiger partial charge in [-0.25, -0.2) is 4.39 Å². The van der Waals surface area contributed by atoms with Gasteiger partial charge in [-0.05, 0) is 50.2 Å². The van der Waals surface area contributed by atoms with Crippen LogP contribution in [0.3, 0.4) is 0 Å². The summed E-state index contributed by atoms with van der Waals surface area (Å²) >= 11 is 0. The van der Waals surface area contributed by atoms with E-state index in [1.54, 1.807) is 12.1 Å². The van der Waals surface area contributed by atoms with E-state index in [9.17, 15) is 9.18 Å². The molecule has 2 aliphatic heterocycles. The van der Waals surface area contributed by atoms with Crippen molar-refractivity contribution in [2.24, 2.45) is 5.73 Å². The summed E-state index contributed by atoms with van der Waals surface area (Å²) in [5.41, 5.74) is 5.85. The summed E-state index contributed by atoms with van der Waals surface area (Å²) < 4.78 is 14.8. The third-order valence-corrected chi connectivity index (χ3v) is 4.90. The summed E-state index contributed by atoms with van der Waals surface area (Å²) in [5, 5.41) is 3.22. The fraction of sp³-hybridized carbons (Fsp3) is 0.588. The number of piperidine rings is 1. The van der Waals surface area contributed by atoms with Crippen molar-refractivity contribution in [2.75, 3.05) is 50.7 Å². The first-order valence-electron chi connectivity index (χ1n) is 8.33. The molecule has 0 unspecified atom stereocenters. The van der Waals surface area contributed by atoms with Crippen molar-refractivity contribution < 1.29 is 9.18 Å². The van der Waals surface area contributed by atoms with Gasteiger partial charge in [-0.2, -0.15) is 0 Å². The molecule has 23 heavy (non-hydrogen) atoms. The van der Waals surface area contributed by atoms with Crippen LogP contribution in [0.15, 0.2) is 24.3 Å². The summed E-state index contributed by atoms with van der Waals surface area (Å²) in [6.45, 7) is 5.61. The van der Waals surface area contributed by atoms with Crippen molar-refractivity contribution in [1.82, 2.24) is 10.2 Å². The van der Waals surface area contributed by atoms with E-state index in [1.165, 1.54) is 0 Å². The van der Waals surface area contributed by atoms with Gasteiger partial charge in [0.15, 0.2) is 0 Å². The lowest BCUT2D eigenvalue weighted by Crippen LogP contribution is -2.53. The van der Waals surface area contributed by atoms with Gasteiger partial charge in [-0.3, -0.25) is 9.69 Å². The lowest BCUT2D eigenvalue weighted by molar-refractivity contribution is 0.0591. The van der Waals surface area contributed by atoms with E-state index >= 15 is 0 Å². The Labute approximate surface area is 136 Å². The van der Waals surface area contributed by atoms with Crippen LogP contribution in [0.1, 0.15) is 23.2 Å². The number of nitrogens with two attached hydrogens (primary N) is 1. The molecule has 1 aromatic rings. The molecule has 3 rings (SSSR count). The highest BCUT2D eigenvalue weighted by atomic mass is 19.1. The van der Waals surface area contributed by atoms with Crippen molar-refractivity contribution in [3.63, 3.8) is 0 Å². The molecular weight excluding hydrogens is 295 g/mol. The molecule has 3 N–H and O–H groups in total. The number of piperazine rings is 1. The SMILES string of the molecule is NC(=O)c1ccc(N2CCN(CC3(F)CCNCC3)CC2)cc1. The van der Waals surface area contributed by atoms with E-state index in [1.807, 2.05) is 12.1 Å². The van der Waals surface area contributed by atoms with E-state index in [0.29, 0.717) is 24.9 Å². The van der Waals surface area contributed by atoms with Crippen molar-refractivity contribution >= 4 is 11.6 Å². The monoisotopic (exact) mass is 320 g/mol. The number of primary amides is 1. The number of nitrogens with one attached hydrogen (secondary N) is 1.